The molecule has 2 nitrogen and oxygen atoms in total. The number of nitrogens with zero attached hydrogens (tertiary/aromatic N) is 1. The lowest BCUT2D eigenvalue weighted by Crippen LogP contribution is -2.15. The molecular formula is C11H17BrN2. The average Bonchev–Trinajstić information content (AvgIpc) is 2.18. The third-order valence-corrected chi connectivity index (χ3v) is 3.16. The van der Waals surface area contributed by atoms with Crippen LogP contribution in [0.5, 0.6) is 0 Å². The summed E-state index contributed by atoms with van der Waals surface area (Å²) in [6.45, 7) is 4.40. The predicted octanol–water partition coefficient (Wildman–Crippen LogP) is 3.28. The van der Waals surface area contributed by atoms with E-state index in [1.165, 1.54) is 0 Å². The second-order valence-corrected chi connectivity index (χ2v) is 4.58. The van der Waals surface area contributed by atoms with Crippen LogP contribution in [0.2, 0.25) is 0 Å². The standard InChI is InChI=1S/C11H17BrN2/c1-3-8(2)7-10(13)11-9(12)5-4-6-14-11/h4-6,8,10H,3,7,13H2,1-2H3. The minimum atomic E-state index is 0.0422. The molecule has 1 aromatic rings. The van der Waals surface area contributed by atoms with Crippen LogP contribution in [-0.4, -0.2) is 4.98 Å². The van der Waals surface area contributed by atoms with E-state index in [-0.39, 0.29) is 6.04 Å². The Morgan fingerprint density at radius 1 is 1.57 bits per heavy atom. The number of pyridine rings is 1. The Morgan fingerprint density at radius 3 is 2.86 bits per heavy atom. The molecule has 0 saturated carbocycles. The molecule has 0 amide bonds. The molecule has 2 unspecified atom stereocenters. The summed E-state index contributed by atoms with van der Waals surface area (Å²) in [5.41, 5.74) is 7.05. The van der Waals surface area contributed by atoms with Crippen molar-refractivity contribution in [2.75, 3.05) is 0 Å². The zero-order valence-electron chi connectivity index (χ0n) is 8.70. The van der Waals surface area contributed by atoms with Crippen molar-refractivity contribution in [3.63, 3.8) is 0 Å². The van der Waals surface area contributed by atoms with Gasteiger partial charge in [0.1, 0.15) is 0 Å². The van der Waals surface area contributed by atoms with Crippen LogP contribution in [0.3, 0.4) is 0 Å². The minimum absolute atomic E-state index is 0.0422. The number of hydrogen-bond donors (Lipinski definition) is 1. The van der Waals surface area contributed by atoms with E-state index in [0.717, 1.165) is 23.0 Å². The van der Waals surface area contributed by atoms with Crippen molar-refractivity contribution in [3.8, 4) is 0 Å². The molecule has 1 rings (SSSR count). The molecule has 2 N–H and O–H groups in total. The van der Waals surface area contributed by atoms with E-state index in [9.17, 15) is 0 Å². The summed E-state index contributed by atoms with van der Waals surface area (Å²) in [5.74, 6) is 0.652. The molecule has 0 fully saturated rings. The van der Waals surface area contributed by atoms with Crippen LogP contribution in [0, 0.1) is 5.92 Å². The molecule has 3 heteroatoms. The van der Waals surface area contributed by atoms with E-state index >= 15 is 0 Å². The van der Waals surface area contributed by atoms with Crippen molar-refractivity contribution >= 4 is 15.9 Å². The second kappa shape index (κ2) is 5.47. The highest BCUT2D eigenvalue weighted by molar-refractivity contribution is 9.10. The molecule has 78 valence electrons. The number of halogens is 1. The van der Waals surface area contributed by atoms with Crippen molar-refractivity contribution in [3.05, 3.63) is 28.5 Å². The topological polar surface area (TPSA) is 38.9 Å². The highest BCUT2D eigenvalue weighted by Gasteiger charge is 2.13. The maximum Gasteiger partial charge on any atom is 0.0712 e. The maximum atomic E-state index is 6.08. The van der Waals surface area contributed by atoms with Gasteiger partial charge in [0.25, 0.3) is 0 Å². The van der Waals surface area contributed by atoms with Crippen molar-refractivity contribution in [2.24, 2.45) is 11.7 Å². The van der Waals surface area contributed by atoms with Gasteiger partial charge in [-0.3, -0.25) is 4.98 Å². The van der Waals surface area contributed by atoms with E-state index in [2.05, 4.69) is 34.8 Å². The van der Waals surface area contributed by atoms with E-state index in [1.807, 2.05) is 12.1 Å². The molecule has 0 aliphatic rings. The monoisotopic (exact) mass is 256 g/mol. The first kappa shape index (κ1) is 11.7. The van der Waals surface area contributed by atoms with Crippen molar-refractivity contribution in [1.29, 1.82) is 0 Å². The van der Waals surface area contributed by atoms with Crippen molar-refractivity contribution < 1.29 is 0 Å². The van der Waals surface area contributed by atoms with Gasteiger partial charge in [-0.2, -0.15) is 0 Å². The third kappa shape index (κ3) is 3.07. The van der Waals surface area contributed by atoms with Gasteiger partial charge in [-0.25, -0.2) is 0 Å². The van der Waals surface area contributed by atoms with E-state index in [0.29, 0.717) is 5.92 Å². The number of nitrogens with two attached hydrogens (primary N) is 1. The lowest BCUT2D eigenvalue weighted by molar-refractivity contribution is 0.455. The van der Waals surface area contributed by atoms with Gasteiger partial charge in [-0.15, -0.1) is 0 Å². The quantitative estimate of drug-likeness (QED) is 0.898. The van der Waals surface area contributed by atoms with Crippen LogP contribution in [0.25, 0.3) is 0 Å². The fraction of sp³-hybridized carbons (Fsp3) is 0.545. The van der Waals surface area contributed by atoms with Gasteiger partial charge in [0.2, 0.25) is 0 Å². The SMILES string of the molecule is CCC(C)CC(N)c1ncccc1Br. The largest absolute Gasteiger partial charge is 0.323 e. The Balaban J connectivity index is 2.69. The maximum absolute atomic E-state index is 6.08. The Labute approximate surface area is 94.0 Å². The molecule has 0 bridgehead atoms. The Hall–Kier alpha value is -0.410. The highest BCUT2D eigenvalue weighted by Crippen LogP contribution is 2.24. The summed E-state index contributed by atoms with van der Waals surface area (Å²) in [4.78, 5) is 4.29. The summed E-state index contributed by atoms with van der Waals surface area (Å²) in [6, 6.07) is 3.93. The van der Waals surface area contributed by atoms with Gasteiger partial charge in [-0.05, 0) is 40.4 Å². The summed E-state index contributed by atoms with van der Waals surface area (Å²) in [5, 5.41) is 0. The smallest absolute Gasteiger partial charge is 0.0712 e. The van der Waals surface area contributed by atoms with Gasteiger partial charge in [0.15, 0.2) is 0 Å². The molecular weight excluding hydrogens is 240 g/mol. The fourth-order valence-corrected chi connectivity index (χ4v) is 1.93. The molecule has 14 heavy (non-hydrogen) atoms. The summed E-state index contributed by atoms with van der Waals surface area (Å²) in [6.07, 6.45) is 3.95. The van der Waals surface area contributed by atoms with Crippen LogP contribution >= 0.6 is 15.9 Å². The minimum Gasteiger partial charge on any atom is -0.323 e. The van der Waals surface area contributed by atoms with Crippen LogP contribution in [0.1, 0.15) is 38.4 Å². The normalized spacial score (nSPS) is 15.1. The second-order valence-electron chi connectivity index (χ2n) is 3.73. The lowest BCUT2D eigenvalue weighted by atomic mass is 9.98. The average molecular weight is 257 g/mol. The fourth-order valence-electron chi connectivity index (χ4n) is 1.38. The summed E-state index contributed by atoms with van der Waals surface area (Å²) < 4.78 is 1.01. The Kier molecular flexibility index (Phi) is 4.55. The van der Waals surface area contributed by atoms with Crippen LogP contribution < -0.4 is 5.73 Å². The zero-order valence-corrected chi connectivity index (χ0v) is 10.3. The molecule has 0 spiro atoms. The molecule has 0 aliphatic heterocycles. The van der Waals surface area contributed by atoms with E-state index in [1.54, 1.807) is 6.20 Å². The lowest BCUT2D eigenvalue weighted by Gasteiger charge is -2.16. The third-order valence-electron chi connectivity index (χ3n) is 2.49. The summed E-state index contributed by atoms with van der Waals surface area (Å²) in [7, 11) is 0. The van der Waals surface area contributed by atoms with Crippen molar-refractivity contribution in [2.45, 2.75) is 32.7 Å². The van der Waals surface area contributed by atoms with Crippen LogP contribution in [-0.2, 0) is 0 Å². The van der Waals surface area contributed by atoms with E-state index < -0.39 is 0 Å². The molecule has 0 saturated heterocycles. The Bertz CT molecular complexity index is 288. The molecule has 1 heterocycles. The number of aromatic nitrogens is 1. The van der Waals surface area contributed by atoms with E-state index in [4.69, 9.17) is 5.73 Å². The van der Waals surface area contributed by atoms with Gasteiger partial charge in [0, 0.05) is 16.7 Å². The molecule has 0 aliphatic carbocycles. The first-order chi connectivity index (χ1) is 6.65. The molecule has 0 radical (unpaired) electrons. The first-order valence-corrected chi connectivity index (χ1v) is 5.80. The Morgan fingerprint density at radius 2 is 2.29 bits per heavy atom. The molecule has 2 atom stereocenters. The zero-order chi connectivity index (χ0) is 10.6. The van der Waals surface area contributed by atoms with Crippen LogP contribution in [0.15, 0.2) is 22.8 Å². The number of hydrogen-bond acceptors (Lipinski definition) is 2. The molecule has 1 aromatic heterocycles. The number of rotatable bonds is 4. The van der Waals surface area contributed by atoms with Crippen LogP contribution in [0.4, 0.5) is 0 Å². The van der Waals surface area contributed by atoms with Gasteiger partial charge in [-0.1, -0.05) is 20.3 Å². The van der Waals surface area contributed by atoms with Gasteiger partial charge in [0.05, 0.1) is 5.69 Å². The summed E-state index contributed by atoms with van der Waals surface area (Å²) >= 11 is 3.47. The first-order valence-electron chi connectivity index (χ1n) is 5.01. The highest BCUT2D eigenvalue weighted by atomic mass is 79.9. The molecule has 0 aromatic carbocycles. The van der Waals surface area contributed by atoms with Gasteiger partial charge < -0.3 is 5.73 Å². The van der Waals surface area contributed by atoms with Crippen molar-refractivity contribution in [1.82, 2.24) is 4.98 Å². The predicted molar refractivity (Wildman–Crippen MR) is 62.9 cm³/mol. The van der Waals surface area contributed by atoms with Gasteiger partial charge >= 0.3 is 0 Å².